The first-order valence-electron chi connectivity index (χ1n) is 8.13. The summed E-state index contributed by atoms with van der Waals surface area (Å²) >= 11 is 19.3. The van der Waals surface area contributed by atoms with E-state index in [4.69, 9.17) is 4.74 Å². The van der Waals surface area contributed by atoms with Crippen molar-refractivity contribution < 1.29 is 4.74 Å². The predicted molar refractivity (Wildman–Crippen MR) is 116 cm³/mol. The van der Waals surface area contributed by atoms with Crippen LogP contribution in [0.15, 0.2) is 0 Å². The Morgan fingerprint density at radius 2 is 1.05 bits per heavy atom. The summed E-state index contributed by atoms with van der Waals surface area (Å²) < 4.78 is 6.20. The van der Waals surface area contributed by atoms with Gasteiger partial charge in [0.15, 0.2) is 0 Å². The van der Waals surface area contributed by atoms with Gasteiger partial charge in [-0.05, 0) is 44.4 Å². The van der Waals surface area contributed by atoms with Crippen molar-refractivity contribution in [3.8, 4) is 0 Å². The van der Waals surface area contributed by atoms with Crippen molar-refractivity contribution in [1.29, 1.82) is 0 Å². The highest BCUT2D eigenvalue weighted by molar-refractivity contribution is 9.12. The lowest BCUT2D eigenvalue weighted by molar-refractivity contribution is 0.0278. The zero-order valence-corrected chi connectivity index (χ0v) is 21.2. The van der Waals surface area contributed by atoms with Crippen LogP contribution in [0.3, 0.4) is 0 Å². The molecule has 0 bridgehead atoms. The lowest BCUT2D eigenvalue weighted by Gasteiger charge is -2.29. The summed E-state index contributed by atoms with van der Waals surface area (Å²) in [5.41, 5.74) is 0. The van der Waals surface area contributed by atoms with Crippen LogP contribution in [0.5, 0.6) is 0 Å². The third-order valence-corrected chi connectivity index (χ3v) is 10.8. The van der Waals surface area contributed by atoms with Gasteiger partial charge in [0.1, 0.15) is 0 Å². The van der Waals surface area contributed by atoms with Gasteiger partial charge in [-0.2, -0.15) is 0 Å². The molecule has 0 radical (unpaired) electrons. The number of hydrogen-bond donors (Lipinski definition) is 0. The number of alkyl halides is 5. The van der Waals surface area contributed by atoms with Gasteiger partial charge in [0.25, 0.3) is 0 Å². The molecule has 0 saturated heterocycles. The molecule has 0 aromatic rings. The molecule has 1 rings (SSSR count). The van der Waals surface area contributed by atoms with Gasteiger partial charge in [-0.15, -0.1) is 0 Å². The van der Waals surface area contributed by atoms with Gasteiger partial charge in [-0.1, -0.05) is 93.5 Å². The summed E-state index contributed by atoms with van der Waals surface area (Å²) in [6, 6.07) is 0. The predicted octanol–water partition coefficient (Wildman–Crippen LogP) is 7.20. The van der Waals surface area contributed by atoms with E-state index in [0.29, 0.717) is 36.2 Å². The second-order valence-corrected chi connectivity index (χ2v) is 12.5. The normalized spacial score (nSPS) is 39.3. The Bertz CT molecular complexity index is 302. The van der Waals surface area contributed by atoms with Crippen molar-refractivity contribution >= 4 is 79.6 Å². The summed E-state index contributed by atoms with van der Waals surface area (Å²) in [6.07, 6.45) is 7.23. The highest BCUT2D eigenvalue weighted by Crippen LogP contribution is 2.33. The Morgan fingerprint density at radius 3 is 1.45 bits per heavy atom. The van der Waals surface area contributed by atoms with Gasteiger partial charge >= 0.3 is 0 Å². The molecule has 1 aliphatic rings. The maximum Gasteiger partial charge on any atom is 0.0700 e. The van der Waals surface area contributed by atoms with Crippen molar-refractivity contribution in [3.05, 3.63) is 0 Å². The molecule has 0 N–H and O–H groups in total. The first-order chi connectivity index (χ1) is 10.3. The quantitative estimate of drug-likeness (QED) is 0.299. The molecule has 0 unspecified atom stereocenters. The monoisotopic (exact) mass is 630 g/mol. The summed E-state index contributed by atoms with van der Waals surface area (Å²) in [4.78, 5) is 2.50. The highest BCUT2D eigenvalue weighted by atomic mass is 79.9. The molecular weight excluding hydrogens is 608 g/mol. The van der Waals surface area contributed by atoms with Gasteiger partial charge < -0.3 is 4.74 Å². The molecule has 0 spiro atoms. The molecular formula is C16H27Br5O. The molecule has 22 heavy (non-hydrogen) atoms. The number of ether oxygens (including phenoxy) is 1. The van der Waals surface area contributed by atoms with Crippen molar-refractivity contribution in [1.82, 2.24) is 0 Å². The summed E-state index contributed by atoms with van der Waals surface area (Å²) in [5, 5.41) is 0. The van der Waals surface area contributed by atoms with Crippen LogP contribution in [0.1, 0.15) is 52.4 Å². The fraction of sp³-hybridized carbons (Fsp3) is 1.00. The van der Waals surface area contributed by atoms with Gasteiger partial charge in [0.05, 0.1) is 6.10 Å². The number of halogens is 5. The third kappa shape index (κ3) is 8.64. The second kappa shape index (κ2) is 11.9. The van der Waals surface area contributed by atoms with Gasteiger partial charge in [0, 0.05) is 30.7 Å². The summed E-state index contributed by atoms with van der Waals surface area (Å²) in [5.74, 6) is 0.584. The minimum atomic E-state index is 0.301. The first-order valence-corrected chi connectivity index (χ1v) is 12.7. The molecule has 6 heteroatoms. The van der Waals surface area contributed by atoms with Gasteiger partial charge in [0.2, 0.25) is 0 Å². The lowest BCUT2D eigenvalue weighted by Crippen LogP contribution is -2.30. The largest absolute Gasteiger partial charge is 0.377 e. The van der Waals surface area contributed by atoms with E-state index in [1.165, 1.54) is 12.8 Å². The van der Waals surface area contributed by atoms with Crippen LogP contribution in [-0.4, -0.2) is 36.8 Å². The zero-order chi connectivity index (χ0) is 16.7. The molecule has 1 saturated carbocycles. The number of rotatable bonds is 3. The zero-order valence-electron chi connectivity index (χ0n) is 13.3. The van der Waals surface area contributed by atoms with E-state index >= 15 is 0 Å². The Hall–Kier alpha value is 2.36. The third-order valence-electron chi connectivity index (χ3n) is 4.00. The Kier molecular flexibility index (Phi) is 12.1. The minimum Gasteiger partial charge on any atom is -0.377 e. The molecule has 1 aliphatic carbocycles. The molecule has 1 fully saturated rings. The smallest absolute Gasteiger partial charge is 0.0700 e. The minimum absolute atomic E-state index is 0.301. The van der Waals surface area contributed by atoms with Crippen molar-refractivity contribution in [2.45, 2.75) is 82.6 Å². The Labute approximate surface area is 178 Å². The van der Waals surface area contributed by atoms with E-state index < -0.39 is 0 Å². The van der Waals surface area contributed by atoms with Crippen LogP contribution >= 0.6 is 79.6 Å². The van der Waals surface area contributed by atoms with Crippen LogP contribution in [-0.2, 0) is 4.74 Å². The van der Waals surface area contributed by atoms with E-state index in [0.717, 1.165) is 32.3 Å². The summed E-state index contributed by atoms with van der Waals surface area (Å²) in [7, 11) is 0. The van der Waals surface area contributed by atoms with Crippen LogP contribution < -0.4 is 0 Å². The average molecular weight is 635 g/mol. The van der Waals surface area contributed by atoms with Crippen molar-refractivity contribution in [2.24, 2.45) is 5.92 Å². The SMILES string of the molecule is CC(C)CO[C@@H]1CC[C@@H](Br)[C@@H](Br)CC[C@H](Br)[C@H](Br)CC[C@H]1Br. The van der Waals surface area contributed by atoms with Crippen LogP contribution in [0.25, 0.3) is 0 Å². The Balaban J connectivity index is 2.69. The molecule has 0 aromatic carbocycles. The molecule has 0 amide bonds. The molecule has 132 valence electrons. The number of hydrogen-bond acceptors (Lipinski definition) is 1. The standard InChI is InChI=1S/C16H27Br5O/c1-10(2)9-22-16-8-7-14(20)12(18)4-3-11(17)13(19)5-6-15(16)21/h10-16H,3-9H2,1-2H3/t11-,12-,13+,14+,15+,16+/m0/s1. The molecule has 0 aliphatic heterocycles. The van der Waals surface area contributed by atoms with E-state index in [1.807, 2.05) is 0 Å². The molecule has 6 atom stereocenters. The maximum atomic E-state index is 6.20. The molecule has 0 aromatic heterocycles. The van der Waals surface area contributed by atoms with Crippen molar-refractivity contribution in [2.75, 3.05) is 6.61 Å². The van der Waals surface area contributed by atoms with E-state index in [2.05, 4.69) is 93.5 Å². The topological polar surface area (TPSA) is 9.23 Å². The van der Waals surface area contributed by atoms with Crippen LogP contribution in [0.4, 0.5) is 0 Å². The first kappa shape index (κ1) is 22.4. The van der Waals surface area contributed by atoms with Crippen LogP contribution in [0.2, 0.25) is 0 Å². The molecule has 1 nitrogen and oxygen atoms in total. The fourth-order valence-corrected chi connectivity index (χ4v) is 5.35. The second-order valence-electron chi connectivity index (χ2n) is 6.58. The highest BCUT2D eigenvalue weighted by Gasteiger charge is 2.27. The fourth-order valence-electron chi connectivity index (χ4n) is 2.55. The van der Waals surface area contributed by atoms with Crippen LogP contribution in [0, 0.1) is 5.92 Å². The van der Waals surface area contributed by atoms with E-state index in [-0.39, 0.29) is 0 Å². The Morgan fingerprint density at radius 1 is 0.682 bits per heavy atom. The van der Waals surface area contributed by atoms with Gasteiger partial charge in [-0.25, -0.2) is 0 Å². The van der Waals surface area contributed by atoms with E-state index in [9.17, 15) is 0 Å². The van der Waals surface area contributed by atoms with Gasteiger partial charge in [-0.3, -0.25) is 0 Å². The summed E-state index contributed by atoms with van der Waals surface area (Å²) in [6.45, 7) is 5.27. The van der Waals surface area contributed by atoms with Crippen molar-refractivity contribution in [3.63, 3.8) is 0 Å². The van der Waals surface area contributed by atoms with E-state index in [1.54, 1.807) is 0 Å². The average Bonchev–Trinajstić information content (AvgIpc) is 2.47. The molecule has 0 heterocycles. The lowest BCUT2D eigenvalue weighted by atomic mass is 9.99. The maximum absolute atomic E-state index is 6.20.